The van der Waals surface area contributed by atoms with Crippen LogP contribution in [0, 0.1) is 3.57 Å². The summed E-state index contributed by atoms with van der Waals surface area (Å²) in [5.74, 6) is 1.87. The van der Waals surface area contributed by atoms with E-state index in [0.29, 0.717) is 17.3 Å². The van der Waals surface area contributed by atoms with Gasteiger partial charge in [-0.1, -0.05) is 0 Å². The highest BCUT2D eigenvalue weighted by atomic mass is 127. The van der Waals surface area contributed by atoms with E-state index in [1.165, 1.54) is 0 Å². The normalized spacial score (nSPS) is 10.4. The van der Waals surface area contributed by atoms with E-state index in [2.05, 4.69) is 48.7 Å². The molecular formula is C11H11BrIN3O2. The Morgan fingerprint density at radius 3 is 2.44 bits per heavy atom. The van der Waals surface area contributed by atoms with Gasteiger partial charge in [0.05, 0.1) is 28.0 Å². The van der Waals surface area contributed by atoms with E-state index in [1.54, 1.807) is 14.2 Å². The fourth-order valence-electron chi connectivity index (χ4n) is 1.58. The van der Waals surface area contributed by atoms with E-state index in [-0.39, 0.29) is 0 Å². The maximum absolute atomic E-state index is 5.74. The molecule has 2 rings (SSSR count). The predicted octanol–water partition coefficient (Wildman–Crippen LogP) is 3.04. The van der Waals surface area contributed by atoms with Crippen molar-refractivity contribution >= 4 is 44.3 Å². The van der Waals surface area contributed by atoms with Gasteiger partial charge in [-0.05, 0) is 44.6 Å². The van der Waals surface area contributed by atoms with Crippen molar-refractivity contribution in [2.75, 3.05) is 20.0 Å². The highest BCUT2D eigenvalue weighted by molar-refractivity contribution is 14.1. The molecule has 0 radical (unpaired) electrons. The first kappa shape index (κ1) is 13.5. The topological polar surface area (TPSA) is 73.2 Å². The number of nitrogen functional groups attached to an aromatic ring is 1. The molecule has 0 saturated heterocycles. The molecule has 1 aromatic heterocycles. The Balaban J connectivity index is 2.63. The summed E-state index contributed by atoms with van der Waals surface area (Å²) in [4.78, 5) is 0. The van der Waals surface area contributed by atoms with E-state index in [4.69, 9.17) is 15.2 Å². The van der Waals surface area contributed by atoms with Crippen molar-refractivity contribution in [1.29, 1.82) is 0 Å². The van der Waals surface area contributed by atoms with Gasteiger partial charge in [0, 0.05) is 11.6 Å². The SMILES string of the molecule is COc1cc(OC)c(-c2[nH]nc(N)c2I)cc1Br. The lowest BCUT2D eigenvalue weighted by atomic mass is 10.1. The molecule has 18 heavy (non-hydrogen) atoms. The van der Waals surface area contributed by atoms with Crippen molar-refractivity contribution in [3.63, 3.8) is 0 Å². The summed E-state index contributed by atoms with van der Waals surface area (Å²) in [6, 6.07) is 3.72. The lowest BCUT2D eigenvalue weighted by Gasteiger charge is -2.11. The molecule has 5 nitrogen and oxygen atoms in total. The van der Waals surface area contributed by atoms with Crippen LogP contribution in [0.15, 0.2) is 16.6 Å². The number of hydrogen-bond donors (Lipinski definition) is 2. The average Bonchev–Trinajstić information content (AvgIpc) is 2.70. The Kier molecular flexibility index (Phi) is 4.00. The molecule has 0 aliphatic rings. The number of benzene rings is 1. The second-order valence-corrected chi connectivity index (χ2v) is 5.42. The van der Waals surface area contributed by atoms with Crippen molar-refractivity contribution in [3.05, 3.63) is 20.2 Å². The van der Waals surface area contributed by atoms with Gasteiger partial charge in [-0.3, -0.25) is 5.10 Å². The maximum Gasteiger partial charge on any atom is 0.159 e. The summed E-state index contributed by atoms with van der Waals surface area (Å²) >= 11 is 5.60. The standard InChI is InChI=1S/C11H11BrIN3O2/c1-17-7-4-8(18-2)6(12)3-5(7)10-9(13)11(14)16-15-10/h3-4H,1-2H3,(H3,14,15,16). The summed E-state index contributed by atoms with van der Waals surface area (Å²) in [5.41, 5.74) is 7.44. The van der Waals surface area contributed by atoms with Gasteiger partial charge < -0.3 is 15.2 Å². The van der Waals surface area contributed by atoms with Gasteiger partial charge in [-0.25, -0.2) is 0 Å². The average molecular weight is 424 g/mol. The zero-order valence-corrected chi connectivity index (χ0v) is 13.5. The number of aromatic nitrogens is 2. The quantitative estimate of drug-likeness (QED) is 0.744. The fourth-order valence-corrected chi connectivity index (χ4v) is 2.61. The van der Waals surface area contributed by atoms with E-state index in [1.807, 2.05) is 12.1 Å². The number of methoxy groups -OCH3 is 2. The molecule has 7 heteroatoms. The minimum absolute atomic E-state index is 0.472. The van der Waals surface area contributed by atoms with Crippen LogP contribution >= 0.6 is 38.5 Å². The van der Waals surface area contributed by atoms with Gasteiger partial charge >= 0.3 is 0 Å². The van der Waals surface area contributed by atoms with Gasteiger partial charge in [0.1, 0.15) is 11.5 Å². The van der Waals surface area contributed by atoms with Crippen LogP contribution in [0.2, 0.25) is 0 Å². The second-order valence-electron chi connectivity index (χ2n) is 3.48. The molecule has 96 valence electrons. The number of ether oxygens (including phenoxy) is 2. The number of anilines is 1. The smallest absolute Gasteiger partial charge is 0.159 e. The monoisotopic (exact) mass is 423 g/mol. The van der Waals surface area contributed by atoms with Gasteiger partial charge in [0.15, 0.2) is 5.82 Å². The summed E-state index contributed by atoms with van der Waals surface area (Å²) < 4.78 is 12.3. The van der Waals surface area contributed by atoms with Crippen molar-refractivity contribution in [1.82, 2.24) is 10.2 Å². The number of aromatic amines is 1. The first-order valence-electron chi connectivity index (χ1n) is 4.99. The fraction of sp³-hybridized carbons (Fsp3) is 0.182. The van der Waals surface area contributed by atoms with Crippen molar-refractivity contribution < 1.29 is 9.47 Å². The molecule has 0 amide bonds. The third kappa shape index (κ3) is 2.28. The summed E-state index contributed by atoms with van der Waals surface area (Å²) in [5, 5.41) is 6.89. The molecule has 0 unspecified atom stereocenters. The molecule has 2 aromatic rings. The number of halogens is 2. The van der Waals surface area contributed by atoms with E-state index >= 15 is 0 Å². The van der Waals surface area contributed by atoms with Gasteiger partial charge in [0.2, 0.25) is 0 Å². The Labute approximate surface area is 126 Å². The van der Waals surface area contributed by atoms with Crippen LogP contribution in [-0.2, 0) is 0 Å². The third-order valence-corrected chi connectivity index (χ3v) is 4.19. The first-order valence-corrected chi connectivity index (χ1v) is 6.87. The molecule has 0 spiro atoms. The number of hydrogen-bond acceptors (Lipinski definition) is 4. The van der Waals surface area contributed by atoms with Crippen LogP contribution < -0.4 is 15.2 Å². The molecule has 0 fully saturated rings. The molecule has 1 aromatic carbocycles. The maximum atomic E-state index is 5.74. The summed E-state index contributed by atoms with van der Waals surface area (Å²) in [6.45, 7) is 0. The number of nitrogens with zero attached hydrogens (tertiary/aromatic N) is 1. The van der Waals surface area contributed by atoms with Crippen molar-refractivity contribution in [2.45, 2.75) is 0 Å². The highest BCUT2D eigenvalue weighted by Gasteiger charge is 2.17. The van der Waals surface area contributed by atoms with Crippen LogP contribution in [0.4, 0.5) is 5.82 Å². The Bertz CT molecular complexity index is 586. The highest BCUT2D eigenvalue weighted by Crippen LogP contribution is 2.40. The van der Waals surface area contributed by atoms with Crippen molar-refractivity contribution in [2.24, 2.45) is 0 Å². The molecule has 0 saturated carbocycles. The van der Waals surface area contributed by atoms with Crippen LogP contribution in [0.1, 0.15) is 0 Å². The zero-order valence-electron chi connectivity index (χ0n) is 9.75. The number of nitrogens with two attached hydrogens (primary N) is 1. The van der Waals surface area contributed by atoms with E-state index in [0.717, 1.165) is 19.3 Å². The molecule has 0 atom stereocenters. The van der Waals surface area contributed by atoms with Crippen LogP contribution in [0.5, 0.6) is 11.5 Å². The minimum atomic E-state index is 0.472. The Hall–Kier alpha value is -0.960. The van der Waals surface area contributed by atoms with Crippen molar-refractivity contribution in [3.8, 4) is 22.8 Å². The molecule has 0 aliphatic heterocycles. The molecule has 0 bridgehead atoms. The molecular weight excluding hydrogens is 413 g/mol. The number of H-pyrrole nitrogens is 1. The predicted molar refractivity (Wildman–Crippen MR) is 82.0 cm³/mol. The van der Waals surface area contributed by atoms with Gasteiger partial charge in [-0.15, -0.1) is 0 Å². The zero-order chi connectivity index (χ0) is 13.3. The summed E-state index contributed by atoms with van der Waals surface area (Å²) in [7, 11) is 3.22. The molecule has 0 aliphatic carbocycles. The number of rotatable bonds is 3. The van der Waals surface area contributed by atoms with Crippen LogP contribution in [0.25, 0.3) is 11.3 Å². The Morgan fingerprint density at radius 1 is 1.28 bits per heavy atom. The third-order valence-electron chi connectivity index (χ3n) is 2.48. The lowest BCUT2D eigenvalue weighted by Crippen LogP contribution is -1.93. The molecule has 3 N–H and O–H groups in total. The minimum Gasteiger partial charge on any atom is -0.496 e. The molecule has 1 heterocycles. The first-order chi connectivity index (χ1) is 8.58. The largest absolute Gasteiger partial charge is 0.496 e. The van der Waals surface area contributed by atoms with Crippen LogP contribution in [0.3, 0.4) is 0 Å². The van der Waals surface area contributed by atoms with Gasteiger partial charge in [-0.2, -0.15) is 5.10 Å². The van der Waals surface area contributed by atoms with Crippen LogP contribution in [-0.4, -0.2) is 24.4 Å². The Morgan fingerprint density at radius 2 is 1.94 bits per heavy atom. The second kappa shape index (κ2) is 5.35. The number of nitrogens with one attached hydrogen (secondary N) is 1. The lowest BCUT2D eigenvalue weighted by molar-refractivity contribution is 0.393. The van der Waals surface area contributed by atoms with E-state index in [9.17, 15) is 0 Å². The summed E-state index contributed by atoms with van der Waals surface area (Å²) in [6.07, 6.45) is 0. The van der Waals surface area contributed by atoms with E-state index < -0.39 is 0 Å². The van der Waals surface area contributed by atoms with Gasteiger partial charge in [0.25, 0.3) is 0 Å².